The number of nitrogen functional groups attached to an aromatic ring is 1. The molecule has 0 aromatic heterocycles. The summed E-state index contributed by atoms with van der Waals surface area (Å²) < 4.78 is 27.4. The van der Waals surface area contributed by atoms with Gasteiger partial charge in [0.2, 0.25) is 0 Å². The summed E-state index contributed by atoms with van der Waals surface area (Å²) in [7, 11) is 0. The van der Waals surface area contributed by atoms with Crippen LogP contribution < -0.4 is 5.73 Å². The van der Waals surface area contributed by atoms with Gasteiger partial charge < -0.3 is 10.6 Å². The van der Waals surface area contributed by atoms with E-state index in [-0.39, 0.29) is 18.0 Å². The number of benzene rings is 2. The van der Waals surface area contributed by atoms with Crippen molar-refractivity contribution in [3.63, 3.8) is 0 Å². The molecule has 1 amide bonds. The molecule has 0 unspecified atom stereocenters. The summed E-state index contributed by atoms with van der Waals surface area (Å²) in [6, 6.07) is 8.88. The molecular formula is C16H14F2N2O. The Bertz CT molecular complexity index is 695. The minimum absolute atomic E-state index is 0.0778. The van der Waals surface area contributed by atoms with Crippen molar-refractivity contribution in [1.29, 1.82) is 0 Å². The summed E-state index contributed by atoms with van der Waals surface area (Å²) in [5, 5.41) is 0. The van der Waals surface area contributed by atoms with Gasteiger partial charge in [-0.2, -0.15) is 0 Å². The Morgan fingerprint density at radius 3 is 2.57 bits per heavy atom. The van der Waals surface area contributed by atoms with Crippen molar-refractivity contribution in [3.05, 3.63) is 64.7 Å². The number of rotatable bonds is 2. The van der Waals surface area contributed by atoms with Gasteiger partial charge in [-0.3, -0.25) is 4.79 Å². The Morgan fingerprint density at radius 2 is 1.86 bits per heavy atom. The maximum Gasteiger partial charge on any atom is 0.254 e. The van der Waals surface area contributed by atoms with Crippen LogP contribution in [0.4, 0.5) is 14.5 Å². The average Bonchev–Trinajstić information content (AvgIpc) is 2.46. The highest BCUT2D eigenvalue weighted by molar-refractivity contribution is 5.97. The molecule has 108 valence electrons. The van der Waals surface area contributed by atoms with Crippen molar-refractivity contribution in [3.8, 4) is 0 Å². The normalized spacial score (nSPS) is 14.2. The molecule has 0 bridgehead atoms. The highest BCUT2D eigenvalue weighted by atomic mass is 19.1. The van der Waals surface area contributed by atoms with Gasteiger partial charge in [0.1, 0.15) is 11.6 Å². The van der Waals surface area contributed by atoms with Crippen molar-refractivity contribution in [2.45, 2.75) is 13.0 Å². The molecule has 2 aromatic carbocycles. The molecule has 0 aliphatic carbocycles. The van der Waals surface area contributed by atoms with Gasteiger partial charge in [0.15, 0.2) is 0 Å². The van der Waals surface area contributed by atoms with E-state index in [1.807, 2.05) is 6.07 Å². The number of carbonyl (C=O) groups is 1. The van der Waals surface area contributed by atoms with Gasteiger partial charge >= 0.3 is 0 Å². The van der Waals surface area contributed by atoms with Gasteiger partial charge in [-0.15, -0.1) is 0 Å². The third-order valence-corrected chi connectivity index (χ3v) is 3.71. The number of nitrogens with zero attached hydrogens (tertiary/aromatic N) is 1. The van der Waals surface area contributed by atoms with E-state index in [1.165, 1.54) is 23.1 Å². The van der Waals surface area contributed by atoms with E-state index in [9.17, 15) is 13.6 Å². The number of hydrogen-bond donors (Lipinski definition) is 1. The van der Waals surface area contributed by atoms with Crippen LogP contribution in [0.2, 0.25) is 0 Å². The summed E-state index contributed by atoms with van der Waals surface area (Å²) in [4.78, 5) is 13.9. The van der Waals surface area contributed by atoms with Crippen LogP contribution in [0.25, 0.3) is 0 Å². The predicted octanol–water partition coefficient (Wildman–Crippen LogP) is 2.75. The summed E-state index contributed by atoms with van der Waals surface area (Å²) in [6.07, 6.45) is 0.650. The molecular weight excluding hydrogens is 274 g/mol. The second-order valence-corrected chi connectivity index (χ2v) is 5.09. The summed E-state index contributed by atoms with van der Waals surface area (Å²) in [6.45, 7) is 0.356. The molecule has 2 N–H and O–H groups in total. The molecule has 2 aromatic rings. The molecule has 0 spiro atoms. The molecule has 0 radical (unpaired) electrons. The van der Waals surface area contributed by atoms with Crippen LogP contribution in [0.3, 0.4) is 0 Å². The zero-order valence-electron chi connectivity index (χ0n) is 11.3. The molecule has 21 heavy (non-hydrogen) atoms. The fraction of sp³-hybridized carbons (Fsp3) is 0.188. The van der Waals surface area contributed by atoms with Crippen molar-refractivity contribution in [2.24, 2.45) is 0 Å². The Hall–Kier alpha value is -2.43. The Morgan fingerprint density at radius 1 is 1.14 bits per heavy atom. The number of hydrogen-bond acceptors (Lipinski definition) is 2. The standard InChI is InChI=1S/C16H14F2N2O/c17-14-2-1-3-15(18)13(14)9-20-7-6-10-4-5-11(19)8-12(10)16(20)21/h1-5,8H,6-7,9,19H2. The molecule has 0 saturated carbocycles. The van der Waals surface area contributed by atoms with Crippen molar-refractivity contribution in [1.82, 2.24) is 4.90 Å². The van der Waals surface area contributed by atoms with Crippen LogP contribution in [0.5, 0.6) is 0 Å². The van der Waals surface area contributed by atoms with Gasteiger partial charge in [-0.1, -0.05) is 12.1 Å². The zero-order valence-corrected chi connectivity index (χ0v) is 11.3. The van der Waals surface area contributed by atoms with Gasteiger partial charge in [0.25, 0.3) is 5.91 Å². The Labute approximate surface area is 121 Å². The highest BCUT2D eigenvalue weighted by Crippen LogP contribution is 2.24. The average molecular weight is 288 g/mol. The molecule has 0 saturated heterocycles. The van der Waals surface area contributed by atoms with E-state index in [4.69, 9.17) is 5.73 Å². The number of halogens is 2. The number of anilines is 1. The van der Waals surface area contributed by atoms with Crippen molar-refractivity contribution in [2.75, 3.05) is 12.3 Å². The fourth-order valence-electron chi connectivity index (χ4n) is 2.56. The smallest absolute Gasteiger partial charge is 0.254 e. The molecule has 3 nitrogen and oxygen atoms in total. The van der Waals surface area contributed by atoms with E-state index in [0.29, 0.717) is 24.2 Å². The van der Waals surface area contributed by atoms with Crippen molar-refractivity contribution >= 4 is 11.6 Å². The first-order valence-electron chi connectivity index (χ1n) is 6.67. The third kappa shape index (κ3) is 2.46. The van der Waals surface area contributed by atoms with Crippen LogP contribution in [-0.4, -0.2) is 17.4 Å². The monoisotopic (exact) mass is 288 g/mol. The van der Waals surface area contributed by atoms with Crippen LogP contribution >= 0.6 is 0 Å². The molecule has 1 heterocycles. The second-order valence-electron chi connectivity index (χ2n) is 5.09. The summed E-state index contributed by atoms with van der Waals surface area (Å²) >= 11 is 0. The lowest BCUT2D eigenvalue weighted by Crippen LogP contribution is -2.37. The van der Waals surface area contributed by atoms with Crippen LogP contribution in [0, 0.1) is 11.6 Å². The SMILES string of the molecule is Nc1ccc2c(c1)C(=O)N(Cc1c(F)cccc1F)CC2. The van der Waals surface area contributed by atoms with E-state index in [1.54, 1.807) is 12.1 Å². The van der Waals surface area contributed by atoms with Gasteiger partial charge in [0.05, 0.1) is 6.54 Å². The Balaban J connectivity index is 1.90. The maximum absolute atomic E-state index is 13.7. The first-order valence-corrected chi connectivity index (χ1v) is 6.67. The maximum atomic E-state index is 13.7. The predicted molar refractivity (Wildman–Crippen MR) is 75.7 cm³/mol. The van der Waals surface area contributed by atoms with Gasteiger partial charge in [-0.05, 0) is 36.2 Å². The lowest BCUT2D eigenvalue weighted by molar-refractivity contribution is 0.0724. The van der Waals surface area contributed by atoms with Gasteiger partial charge in [-0.25, -0.2) is 8.78 Å². The first kappa shape index (κ1) is 13.5. The van der Waals surface area contributed by atoms with E-state index < -0.39 is 11.6 Å². The van der Waals surface area contributed by atoms with Gasteiger partial charge in [0, 0.05) is 23.4 Å². The second kappa shape index (κ2) is 5.16. The summed E-state index contributed by atoms with van der Waals surface area (Å²) in [5.74, 6) is -1.52. The molecule has 1 aliphatic rings. The summed E-state index contributed by atoms with van der Waals surface area (Å²) in [5.41, 5.74) is 7.54. The highest BCUT2D eigenvalue weighted by Gasteiger charge is 2.26. The largest absolute Gasteiger partial charge is 0.399 e. The lowest BCUT2D eigenvalue weighted by Gasteiger charge is -2.29. The third-order valence-electron chi connectivity index (χ3n) is 3.71. The minimum atomic E-state index is -0.638. The molecule has 1 aliphatic heterocycles. The zero-order chi connectivity index (χ0) is 15.0. The number of nitrogens with two attached hydrogens (primary N) is 1. The number of amides is 1. The van der Waals surface area contributed by atoms with E-state index in [2.05, 4.69) is 0 Å². The van der Waals surface area contributed by atoms with Crippen LogP contribution in [0.15, 0.2) is 36.4 Å². The van der Waals surface area contributed by atoms with Crippen LogP contribution in [-0.2, 0) is 13.0 Å². The van der Waals surface area contributed by atoms with E-state index in [0.717, 1.165) is 5.56 Å². The molecule has 3 rings (SSSR count). The number of carbonyl (C=O) groups excluding carboxylic acids is 1. The minimum Gasteiger partial charge on any atom is -0.399 e. The quantitative estimate of drug-likeness (QED) is 0.864. The van der Waals surface area contributed by atoms with Crippen LogP contribution in [0.1, 0.15) is 21.5 Å². The topological polar surface area (TPSA) is 46.3 Å². The molecule has 5 heteroatoms. The first-order chi connectivity index (χ1) is 10.1. The Kier molecular flexibility index (Phi) is 3.33. The molecule has 0 atom stereocenters. The molecule has 0 fully saturated rings. The van der Waals surface area contributed by atoms with Crippen molar-refractivity contribution < 1.29 is 13.6 Å². The fourth-order valence-corrected chi connectivity index (χ4v) is 2.56. The van der Waals surface area contributed by atoms with E-state index >= 15 is 0 Å². The number of fused-ring (bicyclic) bond motifs is 1. The lowest BCUT2D eigenvalue weighted by atomic mass is 9.98.